The second-order valence-corrected chi connectivity index (χ2v) is 7.53. The minimum Gasteiger partial charge on any atom is -0.396 e. The van der Waals surface area contributed by atoms with Crippen LogP contribution in [0.3, 0.4) is 0 Å². The van der Waals surface area contributed by atoms with Gasteiger partial charge in [-0.3, -0.25) is 4.98 Å². The molecule has 1 aromatic carbocycles. The van der Waals surface area contributed by atoms with Crippen molar-refractivity contribution in [2.75, 3.05) is 32.0 Å². The molecule has 2 aromatic rings. The van der Waals surface area contributed by atoms with Crippen molar-refractivity contribution in [2.45, 2.75) is 38.2 Å². The molecular weight excluding hydrogens is 397 g/mol. The van der Waals surface area contributed by atoms with Gasteiger partial charge in [0.25, 0.3) is 0 Å². The number of ether oxygens (including phenoxy) is 1. The molecular formula is C21H29Cl2N3O2. The summed E-state index contributed by atoms with van der Waals surface area (Å²) < 4.78 is 5.67. The summed E-state index contributed by atoms with van der Waals surface area (Å²) in [5, 5.41) is 14.2. The number of aromatic nitrogens is 1. The van der Waals surface area contributed by atoms with Crippen molar-refractivity contribution in [3.8, 4) is 0 Å². The number of aryl methyl sites for hydroxylation is 1. The van der Waals surface area contributed by atoms with E-state index in [-0.39, 0.29) is 0 Å². The number of nitrogens with zero attached hydrogens (tertiary/aromatic N) is 1. The molecule has 28 heavy (non-hydrogen) atoms. The van der Waals surface area contributed by atoms with Crippen molar-refractivity contribution in [1.29, 1.82) is 0 Å². The Labute approximate surface area is 177 Å². The van der Waals surface area contributed by atoms with Crippen LogP contribution in [0.5, 0.6) is 0 Å². The largest absolute Gasteiger partial charge is 0.396 e. The van der Waals surface area contributed by atoms with Crippen LogP contribution in [-0.4, -0.2) is 36.4 Å². The average molecular weight is 426 g/mol. The lowest BCUT2D eigenvalue weighted by molar-refractivity contribution is 0.127. The number of nitrogens with two attached hydrogens (primary N) is 1. The molecule has 154 valence electrons. The first-order valence-corrected chi connectivity index (χ1v) is 10.4. The maximum atomic E-state index is 10.2. The highest BCUT2D eigenvalue weighted by molar-refractivity contribution is 6.38. The Kier molecular flexibility index (Phi) is 10.6. The monoisotopic (exact) mass is 425 g/mol. The van der Waals surface area contributed by atoms with E-state index in [0.717, 1.165) is 57.6 Å². The van der Waals surface area contributed by atoms with Crippen LogP contribution in [0.1, 0.15) is 43.0 Å². The zero-order valence-electron chi connectivity index (χ0n) is 16.0. The molecule has 2 rings (SSSR count). The molecule has 1 aromatic heterocycles. The highest BCUT2D eigenvalue weighted by Gasteiger charge is 2.11. The fraction of sp³-hybridized carbons (Fsp3) is 0.476. The van der Waals surface area contributed by atoms with Gasteiger partial charge in [0.1, 0.15) is 0 Å². The zero-order valence-corrected chi connectivity index (χ0v) is 17.6. The summed E-state index contributed by atoms with van der Waals surface area (Å²) in [6.07, 6.45) is 6.27. The van der Waals surface area contributed by atoms with E-state index in [4.69, 9.17) is 33.7 Å². The third kappa shape index (κ3) is 8.33. The van der Waals surface area contributed by atoms with Gasteiger partial charge in [0, 0.05) is 31.6 Å². The van der Waals surface area contributed by atoms with Crippen LogP contribution in [-0.2, 0) is 11.2 Å². The molecule has 7 heteroatoms. The van der Waals surface area contributed by atoms with Gasteiger partial charge in [-0.1, -0.05) is 29.3 Å². The Bertz CT molecular complexity index is 678. The fourth-order valence-electron chi connectivity index (χ4n) is 2.79. The molecule has 5 nitrogen and oxygen atoms in total. The summed E-state index contributed by atoms with van der Waals surface area (Å²) in [5.41, 5.74) is 7.83. The molecule has 0 aliphatic carbocycles. The Morgan fingerprint density at radius 1 is 1.07 bits per heavy atom. The van der Waals surface area contributed by atoms with Gasteiger partial charge in [-0.2, -0.15) is 0 Å². The predicted molar refractivity (Wildman–Crippen MR) is 116 cm³/mol. The predicted octanol–water partition coefficient (Wildman–Crippen LogP) is 4.41. The summed E-state index contributed by atoms with van der Waals surface area (Å²) in [5.74, 6) is 0. The van der Waals surface area contributed by atoms with Crippen molar-refractivity contribution in [3.63, 3.8) is 0 Å². The highest BCUT2D eigenvalue weighted by Crippen LogP contribution is 2.31. The SMILES string of the molecule is Nc1c(Cl)cc(C(O)CNCCCCCOCCCc2ccccn2)cc1Cl. The van der Waals surface area contributed by atoms with E-state index in [9.17, 15) is 5.11 Å². The minimum atomic E-state index is -0.668. The Balaban J connectivity index is 1.45. The van der Waals surface area contributed by atoms with Gasteiger partial charge in [-0.25, -0.2) is 0 Å². The van der Waals surface area contributed by atoms with Gasteiger partial charge in [0.2, 0.25) is 0 Å². The number of hydrogen-bond donors (Lipinski definition) is 3. The quantitative estimate of drug-likeness (QED) is 0.327. The normalized spacial score (nSPS) is 12.2. The molecule has 0 radical (unpaired) electrons. The molecule has 0 saturated heterocycles. The molecule has 0 aliphatic rings. The number of aliphatic hydroxyl groups is 1. The van der Waals surface area contributed by atoms with Crippen molar-refractivity contribution in [2.24, 2.45) is 0 Å². The summed E-state index contributed by atoms with van der Waals surface area (Å²) in [6.45, 7) is 2.84. The Morgan fingerprint density at radius 3 is 2.54 bits per heavy atom. The van der Waals surface area contributed by atoms with Gasteiger partial charge in [-0.05, 0) is 68.5 Å². The first-order chi connectivity index (χ1) is 13.6. The van der Waals surface area contributed by atoms with Gasteiger partial charge in [0.05, 0.1) is 21.8 Å². The number of unbranched alkanes of at least 4 members (excludes halogenated alkanes) is 2. The van der Waals surface area contributed by atoms with Crippen molar-refractivity contribution in [1.82, 2.24) is 10.3 Å². The van der Waals surface area contributed by atoms with Crippen LogP contribution in [0.15, 0.2) is 36.5 Å². The van der Waals surface area contributed by atoms with Crippen LogP contribution < -0.4 is 11.1 Å². The lowest BCUT2D eigenvalue weighted by Crippen LogP contribution is -2.22. The molecule has 0 bridgehead atoms. The van der Waals surface area contributed by atoms with Crippen molar-refractivity contribution < 1.29 is 9.84 Å². The van der Waals surface area contributed by atoms with E-state index >= 15 is 0 Å². The second kappa shape index (κ2) is 13.0. The zero-order chi connectivity index (χ0) is 20.2. The van der Waals surface area contributed by atoms with E-state index in [1.165, 1.54) is 0 Å². The van der Waals surface area contributed by atoms with Crippen molar-refractivity contribution >= 4 is 28.9 Å². The molecule has 0 aliphatic heterocycles. The number of hydrogen-bond acceptors (Lipinski definition) is 5. The highest BCUT2D eigenvalue weighted by atomic mass is 35.5. The Morgan fingerprint density at radius 2 is 1.82 bits per heavy atom. The number of rotatable bonds is 13. The third-order valence-electron chi connectivity index (χ3n) is 4.41. The molecule has 1 atom stereocenters. The maximum absolute atomic E-state index is 10.2. The van der Waals surface area contributed by atoms with Crippen LogP contribution in [0.2, 0.25) is 10.0 Å². The van der Waals surface area contributed by atoms with Crippen LogP contribution in [0.4, 0.5) is 5.69 Å². The first kappa shape index (κ1) is 22.9. The van der Waals surface area contributed by atoms with Gasteiger partial charge >= 0.3 is 0 Å². The smallest absolute Gasteiger partial charge is 0.0915 e. The van der Waals surface area contributed by atoms with E-state index < -0.39 is 6.10 Å². The fourth-order valence-corrected chi connectivity index (χ4v) is 3.29. The van der Waals surface area contributed by atoms with E-state index in [1.807, 2.05) is 24.4 Å². The number of pyridine rings is 1. The third-order valence-corrected chi connectivity index (χ3v) is 5.04. The van der Waals surface area contributed by atoms with Gasteiger partial charge in [0.15, 0.2) is 0 Å². The van der Waals surface area contributed by atoms with Gasteiger partial charge in [-0.15, -0.1) is 0 Å². The summed E-state index contributed by atoms with van der Waals surface area (Å²) >= 11 is 12.0. The van der Waals surface area contributed by atoms with E-state index in [2.05, 4.69) is 10.3 Å². The number of nitrogens with one attached hydrogen (secondary N) is 1. The summed E-state index contributed by atoms with van der Waals surface area (Å²) in [6, 6.07) is 9.29. The van der Waals surface area contributed by atoms with Crippen molar-refractivity contribution in [3.05, 3.63) is 57.8 Å². The lowest BCUT2D eigenvalue weighted by Gasteiger charge is -2.14. The molecule has 4 N–H and O–H groups in total. The second-order valence-electron chi connectivity index (χ2n) is 6.72. The number of aliphatic hydroxyl groups excluding tert-OH is 1. The Hall–Kier alpha value is -1.37. The summed E-state index contributed by atoms with van der Waals surface area (Å²) in [7, 11) is 0. The standard InChI is InChI=1S/C21H29Cl2N3O2/c22-18-13-16(14-19(23)21(18)24)20(27)15-25-9-3-1-5-11-28-12-6-8-17-7-2-4-10-26-17/h2,4,7,10,13-14,20,25,27H,1,3,5-6,8-9,11-12,15,24H2. The topological polar surface area (TPSA) is 80.4 Å². The molecule has 0 amide bonds. The number of benzene rings is 1. The minimum absolute atomic E-state index is 0.339. The molecule has 1 heterocycles. The number of nitrogen functional groups attached to an aromatic ring is 1. The maximum Gasteiger partial charge on any atom is 0.0915 e. The van der Waals surface area contributed by atoms with Crippen LogP contribution >= 0.6 is 23.2 Å². The molecule has 0 saturated carbocycles. The summed E-state index contributed by atoms with van der Waals surface area (Å²) in [4.78, 5) is 4.30. The lowest BCUT2D eigenvalue weighted by atomic mass is 10.1. The molecule has 0 spiro atoms. The number of anilines is 1. The van der Waals surface area contributed by atoms with Gasteiger partial charge < -0.3 is 20.9 Å². The number of halogens is 2. The van der Waals surface area contributed by atoms with Crippen LogP contribution in [0, 0.1) is 0 Å². The first-order valence-electron chi connectivity index (χ1n) is 9.68. The van der Waals surface area contributed by atoms with Crippen LogP contribution in [0.25, 0.3) is 0 Å². The van der Waals surface area contributed by atoms with E-state index in [1.54, 1.807) is 12.1 Å². The van der Waals surface area contributed by atoms with E-state index in [0.29, 0.717) is 27.8 Å². The molecule has 1 unspecified atom stereocenters. The molecule has 0 fully saturated rings. The average Bonchev–Trinajstić information content (AvgIpc) is 2.70.